The molecule has 24 heavy (non-hydrogen) atoms. The van der Waals surface area contributed by atoms with Crippen LogP contribution in [0.1, 0.15) is 27.2 Å². The second-order valence-electron chi connectivity index (χ2n) is 5.75. The van der Waals surface area contributed by atoms with Crippen molar-refractivity contribution in [3.8, 4) is 0 Å². The summed E-state index contributed by atoms with van der Waals surface area (Å²) in [7, 11) is 0. The minimum atomic E-state index is -0.241. The van der Waals surface area contributed by atoms with Crippen LogP contribution in [0.2, 0.25) is 0 Å². The summed E-state index contributed by atoms with van der Waals surface area (Å²) in [6.07, 6.45) is 3.42. The van der Waals surface area contributed by atoms with Gasteiger partial charge in [-0.3, -0.25) is 10.1 Å². The highest BCUT2D eigenvalue weighted by Crippen LogP contribution is 2.29. The normalized spacial score (nSPS) is 11.3. The predicted octanol–water partition coefficient (Wildman–Crippen LogP) is 3.52. The Morgan fingerprint density at radius 3 is 2.92 bits per heavy atom. The first-order valence-electron chi connectivity index (χ1n) is 7.52. The summed E-state index contributed by atoms with van der Waals surface area (Å²) >= 11 is 1.47. The van der Waals surface area contributed by atoms with Gasteiger partial charge in [0.1, 0.15) is 5.56 Å². The minimum Gasteiger partial charge on any atom is -0.298 e. The number of nitrogens with zero attached hydrogens (tertiary/aromatic N) is 4. The third-order valence-corrected chi connectivity index (χ3v) is 4.77. The Bertz CT molecular complexity index is 1100. The SMILES string of the molecule is Cc1cc(C)c2nc(NC(=O)c3c(C)nn4cccnc34)sc2c1. The molecule has 0 saturated heterocycles. The molecule has 3 heterocycles. The van der Waals surface area contributed by atoms with Crippen molar-refractivity contribution in [2.24, 2.45) is 0 Å². The smallest absolute Gasteiger partial charge is 0.263 e. The molecular formula is C17H15N5OS. The predicted molar refractivity (Wildman–Crippen MR) is 94.8 cm³/mol. The van der Waals surface area contributed by atoms with Crippen molar-refractivity contribution < 1.29 is 4.79 Å². The molecule has 0 unspecified atom stereocenters. The molecule has 0 aliphatic carbocycles. The number of rotatable bonds is 2. The molecule has 6 nitrogen and oxygen atoms in total. The first-order chi connectivity index (χ1) is 11.5. The number of aromatic nitrogens is 4. The topological polar surface area (TPSA) is 72.2 Å². The Kier molecular flexibility index (Phi) is 3.31. The van der Waals surface area contributed by atoms with Gasteiger partial charge in [-0.2, -0.15) is 5.10 Å². The van der Waals surface area contributed by atoms with Crippen LogP contribution in [-0.4, -0.2) is 25.5 Å². The fraction of sp³-hybridized carbons (Fsp3) is 0.176. The van der Waals surface area contributed by atoms with Crippen LogP contribution in [-0.2, 0) is 0 Å². The van der Waals surface area contributed by atoms with Crippen molar-refractivity contribution in [2.45, 2.75) is 20.8 Å². The number of carbonyl (C=O) groups is 1. The zero-order valence-corrected chi connectivity index (χ0v) is 14.3. The highest BCUT2D eigenvalue weighted by atomic mass is 32.1. The maximum absolute atomic E-state index is 12.7. The Morgan fingerprint density at radius 1 is 1.25 bits per heavy atom. The number of nitrogens with one attached hydrogen (secondary N) is 1. The first kappa shape index (κ1) is 14.8. The van der Waals surface area contributed by atoms with Gasteiger partial charge in [-0.25, -0.2) is 14.5 Å². The van der Waals surface area contributed by atoms with E-state index in [2.05, 4.69) is 39.4 Å². The number of fused-ring (bicyclic) bond motifs is 2. The standard InChI is InChI=1S/C17H15N5OS/c1-9-7-10(2)14-12(8-9)24-17(19-14)20-16(23)13-11(3)21-22-6-4-5-18-15(13)22/h4-8H,1-3H3,(H,19,20,23). The number of carbonyl (C=O) groups excluding carboxylic acids is 1. The van der Waals surface area contributed by atoms with Crippen LogP contribution in [0.25, 0.3) is 15.9 Å². The zero-order valence-electron chi connectivity index (χ0n) is 13.5. The molecule has 1 N–H and O–H groups in total. The van der Waals surface area contributed by atoms with Crippen molar-refractivity contribution in [2.75, 3.05) is 5.32 Å². The van der Waals surface area contributed by atoms with Crippen molar-refractivity contribution in [3.05, 3.63) is 53.0 Å². The quantitative estimate of drug-likeness (QED) is 0.607. The monoisotopic (exact) mass is 337 g/mol. The van der Waals surface area contributed by atoms with Gasteiger partial charge in [-0.1, -0.05) is 17.4 Å². The van der Waals surface area contributed by atoms with Crippen LogP contribution in [0.15, 0.2) is 30.6 Å². The van der Waals surface area contributed by atoms with Gasteiger partial charge in [0.2, 0.25) is 0 Å². The van der Waals surface area contributed by atoms with E-state index in [0.29, 0.717) is 22.0 Å². The lowest BCUT2D eigenvalue weighted by Crippen LogP contribution is -2.13. The number of hydrogen-bond donors (Lipinski definition) is 1. The maximum Gasteiger partial charge on any atom is 0.263 e. The number of amides is 1. The second-order valence-corrected chi connectivity index (χ2v) is 6.78. The largest absolute Gasteiger partial charge is 0.298 e. The minimum absolute atomic E-state index is 0.241. The maximum atomic E-state index is 12.7. The Morgan fingerprint density at radius 2 is 2.08 bits per heavy atom. The molecular weight excluding hydrogens is 322 g/mol. The van der Waals surface area contributed by atoms with Gasteiger partial charge in [-0.05, 0) is 44.0 Å². The van der Waals surface area contributed by atoms with Crippen LogP contribution < -0.4 is 5.32 Å². The van der Waals surface area contributed by atoms with E-state index in [1.54, 1.807) is 29.9 Å². The van der Waals surface area contributed by atoms with Crippen LogP contribution in [0.3, 0.4) is 0 Å². The van der Waals surface area contributed by atoms with Gasteiger partial charge < -0.3 is 0 Å². The van der Waals surface area contributed by atoms with E-state index >= 15 is 0 Å². The van der Waals surface area contributed by atoms with Crippen molar-refractivity contribution in [1.82, 2.24) is 19.6 Å². The molecule has 4 rings (SSSR count). The summed E-state index contributed by atoms with van der Waals surface area (Å²) < 4.78 is 2.67. The summed E-state index contributed by atoms with van der Waals surface area (Å²) in [5.41, 5.74) is 4.87. The molecule has 0 saturated carbocycles. The molecule has 7 heteroatoms. The summed E-state index contributed by atoms with van der Waals surface area (Å²) in [6.45, 7) is 5.88. The molecule has 0 fully saturated rings. The summed E-state index contributed by atoms with van der Waals surface area (Å²) in [5, 5.41) is 7.79. The molecule has 120 valence electrons. The highest BCUT2D eigenvalue weighted by Gasteiger charge is 2.19. The van der Waals surface area contributed by atoms with Gasteiger partial charge in [0.15, 0.2) is 10.8 Å². The van der Waals surface area contributed by atoms with E-state index in [9.17, 15) is 4.79 Å². The van der Waals surface area contributed by atoms with Gasteiger partial charge in [0.05, 0.1) is 15.9 Å². The Balaban J connectivity index is 1.73. The van der Waals surface area contributed by atoms with Gasteiger partial charge in [0.25, 0.3) is 5.91 Å². The van der Waals surface area contributed by atoms with Crippen molar-refractivity contribution in [1.29, 1.82) is 0 Å². The molecule has 1 aromatic carbocycles. The second kappa shape index (κ2) is 5.38. The average molecular weight is 337 g/mol. The van der Waals surface area contributed by atoms with Gasteiger partial charge >= 0.3 is 0 Å². The fourth-order valence-corrected chi connectivity index (χ4v) is 3.88. The molecule has 0 aliphatic rings. The van der Waals surface area contributed by atoms with E-state index in [0.717, 1.165) is 15.8 Å². The summed E-state index contributed by atoms with van der Waals surface area (Å²) in [5.74, 6) is -0.241. The van der Waals surface area contributed by atoms with Crippen LogP contribution in [0.5, 0.6) is 0 Å². The number of hydrogen-bond acceptors (Lipinski definition) is 5. The van der Waals surface area contributed by atoms with E-state index in [-0.39, 0.29) is 5.91 Å². The lowest BCUT2D eigenvalue weighted by atomic mass is 10.1. The molecule has 4 aromatic rings. The molecule has 0 atom stereocenters. The number of aryl methyl sites for hydroxylation is 3. The molecule has 3 aromatic heterocycles. The number of anilines is 1. The lowest BCUT2D eigenvalue weighted by molar-refractivity contribution is 0.102. The third-order valence-electron chi connectivity index (χ3n) is 3.85. The molecule has 0 radical (unpaired) electrons. The number of thiazole rings is 1. The van der Waals surface area contributed by atoms with Crippen molar-refractivity contribution in [3.63, 3.8) is 0 Å². The van der Waals surface area contributed by atoms with E-state index < -0.39 is 0 Å². The van der Waals surface area contributed by atoms with Gasteiger partial charge in [0, 0.05) is 12.4 Å². The lowest BCUT2D eigenvalue weighted by Gasteiger charge is -2.00. The van der Waals surface area contributed by atoms with E-state index in [1.807, 2.05) is 6.92 Å². The summed E-state index contributed by atoms with van der Waals surface area (Å²) in [6, 6.07) is 5.95. The van der Waals surface area contributed by atoms with Gasteiger partial charge in [-0.15, -0.1) is 0 Å². The fourth-order valence-electron chi connectivity index (χ4n) is 2.85. The van der Waals surface area contributed by atoms with E-state index in [1.165, 1.54) is 16.9 Å². The number of benzene rings is 1. The molecule has 0 bridgehead atoms. The molecule has 0 aliphatic heterocycles. The van der Waals surface area contributed by atoms with E-state index in [4.69, 9.17) is 0 Å². The van der Waals surface area contributed by atoms with Crippen molar-refractivity contribution >= 4 is 38.2 Å². The average Bonchev–Trinajstić information content (AvgIpc) is 3.06. The summed E-state index contributed by atoms with van der Waals surface area (Å²) in [4.78, 5) is 21.5. The molecule has 1 amide bonds. The van der Waals surface area contributed by atoms with Crippen LogP contribution in [0, 0.1) is 20.8 Å². The Labute approximate surface area is 142 Å². The molecule has 0 spiro atoms. The highest BCUT2D eigenvalue weighted by molar-refractivity contribution is 7.22. The third kappa shape index (κ3) is 2.33. The Hall–Kier alpha value is -2.80. The zero-order chi connectivity index (χ0) is 16.8. The van der Waals surface area contributed by atoms with Crippen LogP contribution in [0.4, 0.5) is 5.13 Å². The van der Waals surface area contributed by atoms with Crippen LogP contribution >= 0.6 is 11.3 Å². The first-order valence-corrected chi connectivity index (χ1v) is 8.33.